The second kappa shape index (κ2) is 6.15. The highest BCUT2D eigenvalue weighted by Crippen LogP contribution is 2.43. The number of fused-ring (bicyclic) bond motifs is 2. The van der Waals surface area contributed by atoms with Gasteiger partial charge in [-0.3, -0.25) is 9.47 Å². The summed E-state index contributed by atoms with van der Waals surface area (Å²) in [7, 11) is 0. The first-order valence-corrected chi connectivity index (χ1v) is 9.67. The van der Waals surface area contributed by atoms with E-state index in [9.17, 15) is 4.79 Å². The number of ketones is 1. The normalized spacial score (nSPS) is 19.5. The zero-order valence-electron chi connectivity index (χ0n) is 14.1. The molecule has 0 saturated carbocycles. The van der Waals surface area contributed by atoms with E-state index >= 15 is 0 Å². The molecule has 0 bridgehead atoms. The Morgan fingerprint density at radius 1 is 0.962 bits per heavy atom. The molecular formula is C22H18N2OS. The van der Waals surface area contributed by atoms with E-state index in [4.69, 9.17) is 0 Å². The first kappa shape index (κ1) is 15.4. The van der Waals surface area contributed by atoms with Crippen LogP contribution in [0.3, 0.4) is 0 Å². The number of thiophene rings is 1. The van der Waals surface area contributed by atoms with Crippen molar-refractivity contribution >= 4 is 28.0 Å². The fourth-order valence-corrected chi connectivity index (χ4v) is 4.80. The third-order valence-corrected chi connectivity index (χ3v) is 6.19. The fourth-order valence-electron chi connectivity index (χ4n) is 3.94. The standard InChI is InChI=1S/C22H18N2OS/c25-20-14-18(21-10-5-13-26-21)22(17-8-3-2-7-16(17)20)23-24-12-11-15-6-1-4-9-19(15)24/h1-13,18,22-23H,14H2/t18-,22+/m0/s1. The second-order valence-electron chi connectivity index (χ2n) is 6.69. The molecule has 4 heteroatoms. The summed E-state index contributed by atoms with van der Waals surface area (Å²) in [6.07, 6.45) is 2.60. The lowest BCUT2D eigenvalue weighted by molar-refractivity contribution is 0.0958. The molecule has 0 aliphatic heterocycles. The lowest BCUT2D eigenvalue weighted by Gasteiger charge is -2.34. The summed E-state index contributed by atoms with van der Waals surface area (Å²) in [6, 6.07) is 22.7. The molecular weight excluding hydrogens is 340 g/mol. The van der Waals surface area contributed by atoms with E-state index in [-0.39, 0.29) is 17.7 Å². The Bertz CT molecular complexity index is 1080. The number of para-hydroxylation sites is 1. The van der Waals surface area contributed by atoms with Crippen LogP contribution in [0.2, 0.25) is 0 Å². The van der Waals surface area contributed by atoms with E-state index in [1.54, 1.807) is 11.3 Å². The number of aromatic nitrogens is 1. The van der Waals surface area contributed by atoms with Crippen LogP contribution in [-0.4, -0.2) is 10.5 Å². The van der Waals surface area contributed by atoms with Crippen molar-refractivity contribution in [1.29, 1.82) is 0 Å². The van der Waals surface area contributed by atoms with Crippen LogP contribution < -0.4 is 5.43 Å². The summed E-state index contributed by atoms with van der Waals surface area (Å²) in [5.41, 5.74) is 6.76. The van der Waals surface area contributed by atoms with Crippen LogP contribution in [0, 0.1) is 0 Å². The summed E-state index contributed by atoms with van der Waals surface area (Å²) >= 11 is 1.72. The van der Waals surface area contributed by atoms with Crippen molar-refractivity contribution in [3.8, 4) is 0 Å². The highest BCUT2D eigenvalue weighted by Gasteiger charge is 2.35. The predicted molar refractivity (Wildman–Crippen MR) is 106 cm³/mol. The number of carbonyl (C=O) groups excluding carboxylic acids is 1. The van der Waals surface area contributed by atoms with Crippen molar-refractivity contribution in [2.45, 2.75) is 18.4 Å². The number of nitrogens with zero attached hydrogens (tertiary/aromatic N) is 1. The number of Topliss-reactive ketones (excluding diaryl/α,β-unsaturated/α-hetero) is 1. The number of carbonyl (C=O) groups is 1. The van der Waals surface area contributed by atoms with Gasteiger partial charge >= 0.3 is 0 Å². The van der Waals surface area contributed by atoms with Gasteiger partial charge in [-0.25, -0.2) is 0 Å². The molecule has 2 heterocycles. The van der Waals surface area contributed by atoms with Gasteiger partial charge in [0.2, 0.25) is 0 Å². The van der Waals surface area contributed by atoms with Crippen molar-refractivity contribution in [2.75, 3.05) is 5.43 Å². The average Bonchev–Trinajstić information content (AvgIpc) is 3.34. The summed E-state index contributed by atoms with van der Waals surface area (Å²) in [5.74, 6) is 0.368. The van der Waals surface area contributed by atoms with Gasteiger partial charge in [0, 0.05) is 34.4 Å². The molecule has 2 aromatic heterocycles. The maximum absolute atomic E-state index is 12.7. The molecule has 0 unspecified atom stereocenters. The van der Waals surface area contributed by atoms with Gasteiger partial charge in [0.05, 0.1) is 11.6 Å². The zero-order valence-corrected chi connectivity index (χ0v) is 14.9. The molecule has 0 spiro atoms. The van der Waals surface area contributed by atoms with Gasteiger partial charge in [0.1, 0.15) is 0 Å². The summed E-state index contributed by atoms with van der Waals surface area (Å²) in [5, 5.41) is 3.29. The van der Waals surface area contributed by atoms with Gasteiger partial charge in [-0.1, -0.05) is 48.5 Å². The third kappa shape index (κ3) is 2.45. The Morgan fingerprint density at radius 3 is 2.69 bits per heavy atom. The van der Waals surface area contributed by atoms with Crippen molar-refractivity contribution < 1.29 is 4.79 Å². The Morgan fingerprint density at radius 2 is 1.81 bits per heavy atom. The van der Waals surface area contributed by atoms with Crippen LogP contribution in [0.15, 0.2) is 78.3 Å². The smallest absolute Gasteiger partial charge is 0.163 e. The minimum atomic E-state index is 0.0540. The van der Waals surface area contributed by atoms with Gasteiger partial charge in [-0.15, -0.1) is 11.3 Å². The molecule has 0 saturated heterocycles. The van der Waals surface area contributed by atoms with Crippen LogP contribution >= 0.6 is 11.3 Å². The minimum absolute atomic E-state index is 0.0540. The lowest BCUT2D eigenvalue weighted by Crippen LogP contribution is -2.32. The first-order chi connectivity index (χ1) is 12.8. The van der Waals surface area contributed by atoms with Gasteiger partial charge < -0.3 is 5.43 Å². The van der Waals surface area contributed by atoms with Crippen molar-refractivity contribution in [2.24, 2.45) is 0 Å². The van der Waals surface area contributed by atoms with E-state index in [0.717, 1.165) is 16.6 Å². The van der Waals surface area contributed by atoms with E-state index in [1.807, 2.05) is 18.2 Å². The molecule has 26 heavy (non-hydrogen) atoms. The van der Waals surface area contributed by atoms with E-state index in [2.05, 4.69) is 70.2 Å². The first-order valence-electron chi connectivity index (χ1n) is 8.79. The van der Waals surface area contributed by atoms with Crippen molar-refractivity contribution in [1.82, 2.24) is 4.68 Å². The third-order valence-electron chi connectivity index (χ3n) is 5.19. The molecule has 4 aromatic rings. The van der Waals surface area contributed by atoms with Crippen molar-refractivity contribution in [3.63, 3.8) is 0 Å². The Hall–Kier alpha value is -2.85. The monoisotopic (exact) mass is 358 g/mol. The Labute approximate surface area is 155 Å². The number of nitrogens with one attached hydrogen (secondary N) is 1. The highest BCUT2D eigenvalue weighted by molar-refractivity contribution is 7.10. The van der Waals surface area contributed by atoms with E-state index in [0.29, 0.717) is 6.42 Å². The van der Waals surface area contributed by atoms with E-state index in [1.165, 1.54) is 10.3 Å². The van der Waals surface area contributed by atoms with Gasteiger partial charge in [0.25, 0.3) is 0 Å². The maximum atomic E-state index is 12.7. The summed E-state index contributed by atoms with van der Waals surface area (Å²) < 4.78 is 2.09. The molecule has 0 radical (unpaired) electrons. The fraction of sp³-hybridized carbons (Fsp3) is 0.136. The molecule has 0 fully saturated rings. The van der Waals surface area contributed by atoms with Gasteiger partial charge in [-0.05, 0) is 29.1 Å². The molecule has 128 valence electrons. The average molecular weight is 358 g/mol. The lowest BCUT2D eigenvalue weighted by atomic mass is 9.78. The quantitative estimate of drug-likeness (QED) is 0.535. The molecule has 1 aliphatic carbocycles. The topological polar surface area (TPSA) is 34.0 Å². The largest absolute Gasteiger partial charge is 0.318 e. The predicted octanol–water partition coefficient (Wildman–Crippen LogP) is 5.36. The van der Waals surface area contributed by atoms with Crippen LogP contribution in [-0.2, 0) is 0 Å². The van der Waals surface area contributed by atoms with Crippen LogP contribution in [0.25, 0.3) is 10.9 Å². The van der Waals surface area contributed by atoms with Crippen LogP contribution in [0.5, 0.6) is 0 Å². The number of benzene rings is 2. The van der Waals surface area contributed by atoms with E-state index < -0.39 is 0 Å². The Balaban J connectivity index is 1.62. The molecule has 0 amide bonds. The van der Waals surface area contributed by atoms with Gasteiger partial charge in [-0.2, -0.15) is 0 Å². The summed E-state index contributed by atoms with van der Waals surface area (Å²) in [6.45, 7) is 0. The summed E-state index contributed by atoms with van der Waals surface area (Å²) in [4.78, 5) is 14.0. The van der Waals surface area contributed by atoms with Crippen LogP contribution in [0.4, 0.5) is 0 Å². The molecule has 2 aromatic carbocycles. The van der Waals surface area contributed by atoms with Crippen molar-refractivity contribution in [3.05, 3.63) is 94.3 Å². The van der Waals surface area contributed by atoms with Gasteiger partial charge in [0.15, 0.2) is 5.78 Å². The number of hydrogen-bond donors (Lipinski definition) is 1. The second-order valence-corrected chi connectivity index (χ2v) is 7.67. The SMILES string of the molecule is O=C1C[C@@H](c2cccs2)[C@H](Nn2ccc3ccccc32)c2ccccc21. The maximum Gasteiger partial charge on any atom is 0.163 e. The molecule has 5 rings (SSSR count). The highest BCUT2D eigenvalue weighted by atomic mass is 32.1. The molecule has 3 nitrogen and oxygen atoms in total. The molecule has 1 aliphatic rings. The zero-order chi connectivity index (χ0) is 17.5. The molecule has 2 atom stereocenters. The minimum Gasteiger partial charge on any atom is -0.318 e. The van der Waals surface area contributed by atoms with Crippen LogP contribution in [0.1, 0.15) is 39.2 Å². The number of rotatable bonds is 3. The number of hydrogen-bond acceptors (Lipinski definition) is 3. The molecule has 1 N–H and O–H groups in total. The Kier molecular flexibility index (Phi) is 3.64.